The molecule has 0 aromatic heterocycles. The lowest BCUT2D eigenvalue weighted by Gasteiger charge is -2.24. The van der Waals surface area contributed by atoms with Crippen LogP contribution in [0.2, 0.25) is 0 Å². The number of benzene rings is 4. The molecule has 0 atom stereocenters. The molecular formula is C29H28FN3O6S2. The predicted octanol–water partition coefficient (Wildman–Crippen LogP) is 5.17. The van der Waals surface area contributed by atoms with Gasteiger partial charge < -0.3 is 10.1 Å². The molecule has 0 aliphatic heterocycles. The summed E-state index contributed by atoms with van der Waals surface area (Å²) in [6.07, 6.45) is 0. The maximum atomic E-state index is 13.6. The lowest BCUT2D eigenvalue weighted by molar-refractivity contribution is -0.114. The number of nitrogens with one attached hydrogen (secondary N) is 2. The van der Waals surface area contributed by atoms with Gasteiger partial charge in [-0.1, -0.05) is 12.1 Å². The summed E-state index contributed by atoms with van der Waals surface area (Å²) in [6.45, 7) is 3.42. The van der Waals surface area contributed by atoms with Crippen LogP contribution in [0.3, 0.4) is 0 Å². The van der Waals surface area contributed by atoms with E-state index in [0.29, 0.717) is 18.0 Å². The Balaban J connectivity index is 1.52. The maximum absolute atomic E-state index is 13.6. The molecule has 0 bridgehead atoms. The Morgan fingerprint density at radius 1 is 0.829 bits per heavy atom. The van der Waals surface area contributed by atoms with Crippen LogP contribution >= 0.6 is 0 Å². The number of ether oxygens (including phenoxy) is 1. The molecule has 4 aromatic carbocycles. The molecule has 12 heteroatoms. The van der Waals surface area contributed by atoms with Gasteiger partial charge in [-0.05, 0) is 104 Å². The van der Waals surface area contributed by atoms with Crippen LogP contribution in [0, 0.1) is 12.7 Å². The molecule has 41 heavy (non-hydrogen) atoms. The average molecular weight is 598 g/mol. The Bertz CT molecular complexity index is 1730. The molecule has 0 aliphatic rings. The summed E-state index contributed by atoms with van der Waals surface area (Å²) < 4.78 is 74.9. The summed E-state index contributed by atoms with van der Waals surface area (Å²) >= 11 is 0. The highest BCUT2D eigenvalue weighted by Gasteiger charge is 2.27. The zero-order chi connectivity index (χ0) is 29.6. The van der Waals surface area contributed by atoms with Gasteiger partial charge in [0.25, 0.3) is 20.0 Å². The number of rotatable bonds is 11. The van der Waals surface area contributed by atoms with Crippen molar-refractivity contribution in [1.82, 2.24) is 0 Å². The fourth-order valence-electron chi connectivity index (χ4n) is 3.90. The first-order chi connectivity index (χ1) is 19.5. The Hall–Kier alpha value is -4.42. The van der Waals surface area contributed by atoms with Crippen molar-refractivity contribution in [2.75, 3.05) is 27.5 Å². The number of anilines is 3. The second kappa shape index (κ2) is 12.4. The first-order valence-corrected chi connectivity index (χ1v) is 15.4. The fourth-order valence-corrected chi connectivity index (χ4v) is 6.37. The number of aryl methyl sites for hydroxylation is 1. The topological polar surface area (TPSA) is 122 Å². The minimum absolute atomic E-state index is 0.0250. The van der Waals surface area contributed by atoms with Crippen molar-refractivity contribution >= 4 is 43.0 Å². The van der Waals surface area contributed by atoms with E-state index in [0.717, 1.165) is 22.0 Å². The molecule has 214 valence electrons. The zero-order valence-corrected chi connectivity index (χ0v) is 23.9. The number of carbonyl (C=O) groups excluding carboxylic acids is 1. The van der Waals surface area contributed by atoms with E-state index in [2.05, 4.69) is 10.0 Å². The Morgan fingerprint density at radius 2 is 1.46 bits per heavy atom. The van der Waals surface area contributed by atoms with Gasteiger partial charge in [0.2, 0.25) is 5.91 Å². The van der Waals surface area contributed by atoms with E-state index in [1.165, 1.54) is 60.7 Å². The highest BCUT2D eigenvalue weighted by atomic mass is 32.2. The molecular weight excluding hydrogens is 569 g/mol. The third kappa shape index (κ3) is 7.41. The van der Waals surface area contributed by atoms with Crippen LogP contribution in [0.25, 0.3) is 0 Å². The summed E-state index contributed by atoms with van der Waals surface area (Å²) in [7, 11) is -8.12. The van der Waals surface area contributed by atoms with Crippen LogP contribution in [0.4, 0.5) is 21.5 Å². The predicted molar refractivity (Wildman–Crippen MR) is 156 cm³/mol. The number of nitrogens with zero attached hydrogens (tertiary/aromatic N) is 1. The molecule has 0 spiro atoms. The molecule has 0 heterocycles. The maximum Gasteiger partial charge on any atom is 0.264 e. The SMILES string of the molecule is CCOc1ccc(S(=O)(=O)N(CC(=O)Nc2ccc(S(=O)(=O)Nc3cccc(C)c3)cc2)c2ccc(F)cc2)cc1. The summed E-state index contributed by atoms with van der Waals surface area (Å²) in [5.41, 5.74) is 1.64. The number of hydrogen-bond acceptors (Lipinski definition) is 6. The minimum Gasteiger partial charge on any atom is -0.494 e. The van der Waals surface area contributed by atoms with E-state index in [-0.39, 0.29) is 21.2 Å². The van der Waals surface area contributed by atoms with Gasteiger partial charge in [-0.25, -0.2) is 21.2 Å². The van der Waals surface area contributed by atoms with Crippen molar-refractivity contribution in [3.8, 4) is 5.75 Å². The average Bonchev–Trinajstić information content (AvgIpc) is 2.93. The monoisotopic (exact) mass is 597 g/mol. The largest absolute Gasteiger partial charge is 0.494 e. The highest BCUT2D eigenvalue weighted by molar-refractivity contribution is 7.93. The van der Waals surface area contributed by atoms with E-state index in [1.54, 1.807) is 25.1 Å². The molecule has 0 aliphatic carbocycles. The smallest absolute Gasteiger partial charge is 0.264 e. The molecule has 9 nitrogen and oxygen atoms in total. The standard InChI is InChI=1S/C29H28FN3O6S2/c1-3-39-26-13-17-28(18-14-26)41(37,38)33(25-11-7-22(30)8-12-25)20-29(34)31-23-9-15-27(16-10-23)40(35,36)32-24-6-4-5-21(2)19-24/h4-19,32H,3,20H2,1-2H3,(H,31,34). The van der Waals surface area contributed by atoms with Crippen molar-refractivity contribution in [3.05, 3.63) is 108 Å². The molecule has 0 radical (unpaired) electrons. The summed E-state index contributed by atoms with van der Waals surface area (Å²) in [6, 6.07) is 22.8. The molecule has 0 unspecified atom stereocenters. The van der Waals surface area contributed by atoms with Gasteiger partial charge in [-0.15, -0.1) is 0 Å². The number of amides is 1. The quantitative estimate of drug-likeness (QED) is 0.246. The molecule has 0 saturated carbocycles. The highest BCUT2D eigenvalue weighted by Crippen LogP contribution is 2.26. The van der Waals surface area contributed by atoms with Gasteiger partial charge in [0.05, 0.1) is 22.1 Å². The first-order valence-electron chi connectivity index (χ1n) is 12.5. The number of halogens is 1. The van der Waals surface area contributed by atoms with Gasteiger partial charge in [0, 0.05) is 11.4 Å². The molecule has 4 rings (SSSR count). The van der Waals surface area contributed by atoms with Crippen molar-refractivity contribution in [1.29, 1.82) is 0 Å². The van der Waals surface area contributed by atoms with Crippen molar-refractivity contribution in [2.24, 2.45) is 0 Å². The Labute approximate surface area is 238 Å². The van der Waals surface area contributed by atoms with Gasteiger partial charge in [0.15, 0.2) is 0 Å². The fraction of sp³-hybridized carbons (Fsp3) is 0.138. The van der Waals surface area contributed by atoms with Crippen LogP contribution in [0.1, 0.15) is 12.5 Å². The van der Waals surface area contributed by atoms with Crippen LogP contribution in [0.5, 0.6) is 5.75 Å². The Kier molecular flexibility index (Phi) is 8.94. The normalized spacial score (nSPS) is 11.5. The lowest BCUT2D eigenvalue weighted by Crippen LogP contribution is -2.38. The van der Waals surface area contributed by atoms with Gasteiger partial charge in [-0.2, -0.15) is 0 Å². The molecule has 0 fully saturated rings. The number of hydrogen-bond donors (Lipinski definition) is 2. The summed E-state index contributed by atoms with van der Waals surface area (Å²) in [5.74, 6) is -0.780. The van der Waals surface area contributed by atoms with Crippen LogP contribution in [-0.4, -0.2) is 35.9 Å². The van der Waals surface area contributed by atoms with Gasteiger partial charge in [0.1, 0.15) is 18.1 Å². The second-order valence-corrected chi connectivity index (χ2v) is 12.5. The van der Waals surface area contributed by atoms with E-state index < -0.39 is 38.3 Å². The Morgan fingerprint density at radius 3 is 2.07 bits per heavy atom. The first kappa shape index (κ1) is 29.6. The zero-order valence-electron chi connectivity index (χ0n) is 22.2. The lowest BCUT2D eigenvalue weighted by atomic mass is 10.2. The number of sulfonamides is 2. The molecule has 4 aromatic rings. The van der Waals surface area contributed by atoms with Crippen LogP contribution in [0.15, 0.2) is 107 Å². The molecule has 1 amide bonds. The van der Waals surface area contributed by atoms with Crippen LogP contribution in [-0.2, 0) is 24.8 Å². The molecule has 2 N–H and O–H groups in total. The van der Waals surface area contributed by atoms with Crippen LogP contribution < -0.4 is 19.1 Å². The van der Waals surface area contributed by atoms with Crippen molar-refractivity contribution in [3.63, 3.8) is 0 Å². The van der Waals surface area contributed by atoms with Gasteiger partial charge in [-0.3, -0.25) is 13.8 Å². The number of carbonyl (C=O) groups is 1. The summed E-state index contributed by atoms with van der Waals surface area (Å²) in [4.78, 5) is 12.9. The van der Waals surface area contributed by atoms with E-state index >= 15 is 0 Å². The van der Waals surface area contributed by atoms with Crippen molar-refractivity contribution in [2.45, 2.75) is 23.6 Å². The van der Waals surface area contributed by atoms with E-state index in [1.807, 2.05) is 13.0 Å². The minimum atomic E-state index is -4.24. The van der Waals surface area contributed by atoms with E-state index in [9.17, 15) is 26.0 Å². The third-order valence-corrected chi connectivity index (χ3v) is 9.03. The summed E-state index contributed by atoms with van der Waals surface area (Å²) in [5, 5.41) is 2.58. The van der Waals surface area contributed by atoms with E-state index in [4.69, 9.17) is 4.74 Å². The third-order valence-electron chi connectivity index (χ3n) is 5.84. The van der Waals surface area contributed by atoms with Crippen molar-refractivity contribution < 1.29 is 30.8 Å². The second-order valence-electron chi connectivity index (χ2n) is 8.94. The van der Waals surface area contributed by atoms with Gasteiger partial charge >= 0.3 is 0 Å². The molecule has 0 saturated heterocycles.